The minimum atomic E-state index is -4.92. The second-order valence-electron chi connectivity index (χ2n) is 8.12. The number of hydrogen-bond acceptors (Lipinski definition) is 2. The first-order valence-corrected chi connectivity index (χ1v) is 9.98. The van der Waals surface area contributed by atoms with Crippen molar-refractivity contribution >= 4 is 5.76 Å². The summed E-state index contributed by atoms with van der Waals surface area (Å²) in [6, 6.07) is 11.3. The minimum Gasteiger partial charge on any atom is -0.488 e. The molecule has 8 heteroatoms. The van der Waals surface area contributed by atoms with Crippen molar-refractivity contribution in [1.29, 1.82) is 0 Å². The maximum Gasteiger partial charge on any atom is 0.416 e. The monoisotopic (exact) mass is 441 g/mol. The van der Waals surface area contributed by atoms with Gasteiger partial charge in [0.05, 0.1) is 16.7 Å². The Morgan fingerprint density at radius 3 is 2.10 bits per heavy atom. The van der Waals surface area contributed by atoms with Gasteiger partial charge in [-0.2, -0.15) is 26.3 Å². The van der Waals surface area contributed by atoms with E-state index < -0.39 is 35.1 Å². The molecular formula is C23H21F6NO. The lowest BCUT2D eigenvalue weighted by Crippen LogP contribution is -2.54. The molecular weight excluding hydrogens is 420 g/mol. The topological polar surface area (TPSA) is 21.3 Å². The Labute approximate surface area is 175 Å². The van der Waals surface area contributed by atoms with E-state index in [4.69, 9.17) is 4.74 Å². The predicted octanol–water partition coefficient (Wildman–Crippen LogP) is 6.52. The fraction of sp³-hybridized carbons (Fsp3) is 0.391. The number of piperidine rings is 1. The van der Waals surface area contributed by atoms with Gasteiger partial charge in [-0.3, -0.25) is 0 Å². The lowest BCUT2D eigenvalue weighted by molar-refractivity contribution is -0.143. The Morgan fingerprint density at radius 2 is 1.52 bits per heavy atom. The van der Waals surface area contributed by atoms with Gasteiger partial charge in [0, 0.05) is 11.6 Å². The van der Waals surface area contributed by atoms with Gasteiger partial charge in [0.25, 0.3) is 0 Å². The van der Waals surface area contributed by atoms with Crippen LogP contribution in [0.5, 0.6) is 0 Å². The van der Waals surface area contributed by atoms with Crippen LogP contribution in [0, 0.1) is 0 Å². The number of halogens is 6. The Balaban J connectivity index is 1.67. The minimum absolute atomic E-state index is 0.103. The summed E-state index contributed by atoms with van der Waals surface area (Å²) in [5.41, 5.74) is -2.67. The zero-order valence-electron chi connectivity index (χ0n) is 16.5. The van der Waals surface area contributed by atoms with Crippen LogP contribution in [0.3, 0.4) is 0 Å². The molecule has 2 saturated heterocycles. The van der Waals surface area contributed by atoms with Crippen molar-refractivity contribution in [3.05, 3.63) is 77.4 Å². The normalized spacial score (nSPS) is 26.0. The standard InChI is InChI=1S/C23H21F6NO/c1-14(15-11-17(22(24,25)26)13-18(12-15)23(27,28)29)31-20-8-7-19-9-10-21(20,30-19)16-5-3-2-4-6-16/h2-6,11-13,19-20,30H,1,7-10H2. The molecule has 0 spiro atoms. The van der Waals surface area contributed by atoms with Gasteiger partial charge in [0.1, 0.15) is 11.9 Å². The van der Waals surface area contributed by atoms with E-state index in [1.54, 1.807) is 0 Å². The predicted molar refractivity (Wildman–Crippen MR) is 104 cm³/mol. The smallest absolute Gasteiger partial charge is 0.416 e. The molecule has 2 aromatic carbocycles. The third-order valence-corrected chi connectivity index (χ3v) is 6.16. The molecule has 0 aliphatic carbocycles. The molecule has 0 radical (unpaired) electrons. The van der Waals surface area contributed by atoms with Crippen molar-refractivity contribution in [2.75, 3.05) is 0 Å². The molecule has 2 fully saturated rings. The maximum atomic E-state index is 13.2. The van der Waals surface area contributed by atoms with Gasteiger partial charge >= 0.3 is 12.4 Å². The molecule has 3 unspecified atom stereocenters. The quantitative estimate of drug-likeness (QED) is 0.431. The number of alkyl halides is 6. The molecule has 166 valence electrons. The zero-order valence-corrected chi connectivity index (χ0v) is 16.5. The zero-order chi connectivity index (χ0) is 22.4. The summed E-state index contributed by atoms with van der Waals surface area (Å²) in [6.07, 6.45) is -7.21. The van der Waals surface area contributed by atoms with Crippen LogP contribution in [0.25, 0.3) is 5.76 Å². The Kier molecular flexibility index (Phi) is 5.32. The van der Waals surface area contributed by atoms with Gasteiger partial charge < -0.3 is 10.1 Å². The first-order valence-electron chi connectivity index (χ1n) is 9.98. The lowest BCUT2D eigenvalue weighted by Gasteiger charge is -2.42. The fourth-order valence-corrected chi connectivity index (χ4v) is 4.64. The Bertz CT molecular complexity index is 936. The van der Waals surface area contributed by atoms with Crippen LogP contribution in [0.1, 0.15) is 47.9 Å². The number of nitrogens with one attached hydrogen (secondary N) is 1. The highest BCUT2D eigenvalue weighted by Gasteiger charge is 2.51. The van der Waals surface area contributed by atoms with Crippen molar-refractivity contribution in [2.45, 2.75) is 55.7 Å². The highest BCUT2D eigenvalue weighted by atomic mass is 19.4. The van der Waals surface area contributed by atoms with E-state index >= 15 is 0 Å². The van der Waals surface area contributed by atoms with Gasteiger partial charge in [0.15, 0.2) is 0 Å². The van der Waals surface area contributed by atoms with Gasteiger partial charge in [-0.25, -0.2) is 0 Å². The molecule has 0 saturated carbocycles. The number of fused-ring (bicyclic) bond motifs is 2. The first-order chi connectivity index (χ1) is 14.5. The molecule has 3 atom stereocenters. The molecule has 2 aliphatic rings. The second-order valence-corrected chi connectivity index (χ2v) is 8.12. The number of rotatable bonds is 4. The lowest BCUT2D eigenvalue weighted by atomic mass is 9.80. The summed E-state index contributed by atoms with van der Waals surface area (Å²) < 4.78 is 85.3. The SMILES string of the molecule is C=C(OC1CCC2CCC1(c1ccccc1)N2)c1cc(C(F)(F)F)cc(C(F)(F)F)c1. The Hall–Kier alpha value is -2.48. The molecule has 0 aromatic heterocycles. The second kappa shape index (κ2) is 7.58. The average Bonchev–Trinajstić information content (AvgIpc) is 3.08. The number of hydrogen-bond donors (Lipinski definition) is 1. The molecule has 2 aromatic rings. The summed E-state index contributed by atoms with van der Waals surface area (Å²) in [4.78, 5) is 0. The van der Waals surface area contributed by atoms with E-state index in [1.165, 1.54) is 0 Å². The summed E-state index contributed by atoms with van der Waals surface area (Å²) >= 11 is 0. The van der Waals surface area contributed by atoms with Crippen LogP contribution in [0.4, 0.5) is 26.3 Å². The van der Waals surface area contributed by atoms with Crippen molar-refractivity contribution < 1.29 is 31.1 Å². The van der Waals surface area contributed by atoms with Crippen LogP contribution in [-0.4, -0.2) is 12.1 Å². The van der Waals surface area contributed by atoms with Crippen LogP contribution in [-0.2, 0) is 22.6 Å². The van der Waals surface area contributed by atoms with Gasteiger partial charge in [0.2, 0.25) is 0 Å². The number of ether oxygens (including phenoxy) is 1. The summed E-state index contributed by atoms with van der Waals surface area (Å²) in [5, 5.41) is 3.57. The molecule has 2 heterocycles. The molecule has 0 amide bonds. The largest absolute Gasteiger partial charge is 0.488 e. The number of benzene rings is 2. The van der Waals surface area contributed by atoms with E-state index in [2.05, 4.69) is 11.9 Å². The van der Waals surface area contributed by atoms with E-state index in [1.807, 2.05) is 30.3 Å². The third kappa shape index (κ3) is 4.18. The van der Waals surface area contributed by atoms with Crippen molar-refractivity contribution in [2.24, 2.45) is 0 Å². The highest BCUT2D eigenvalue weighted by molar-refractivity contribution is 5.60. The van der Waals surface area contributed by atoms with Crippen molar-refractivity contribution in [3.8, 4) is 0 Å². The van der Waals surface area contributed by atoms with E-state index in [-0.39, 0.29) is 17.4 Å². The molecule has 2 nitrogen and oxygen atoms in total. The molecule has 2 bridgehead atoms. The van der Waals surface area contributed by atoms with Crippen LogP contribution >= 0.6 is 0 Å². The molecule has 4 rings (SSSR count). The van der Waals surface area contributed by atoms with Crippen LogP contribution < -0.4 is 5.32 Å². The first kappa shape index (κ1) is 21.7. The highest BCUT2D eigenvalue weighted by Crippen LogP contribution is 2.46. The average molecular weight is 441 g/mol. The van der Waals surface area contributed by atoms with Gasteiger partial charge in [-0.1, -0.05) is 36.9 Å². The van der Waals surface area contributed by atoms with Crippen LogP contribution in [0.15, 0.2) is 55.1 Å². The summed E-state index contributed by atoms with van der Waals surface area (Å²) in [7, 11) is 0. The van der Waals surface area contributed by atoms with Crippen molar-refractivity contribution in [1.82, 2.24) is 5.32 Å². The fourth-order valence-electron chi connectivity index (χ4n) is 4.64. The Morgan fingerprint density at radius 1 is 0.903 bits per heavy atom. The summed E-state index contributed by atoms with van der Waals surface area (Å²) in [6.45, 7) is 3.69. The molecule has 1 N–H and O–H groups in total. The maximum absolute atomic E-state index is 13.2. The summed E-state index contributed by atoms with van der Waals surface area (Å²) in [5.74, 6) is -0.205. The van der Waals surface area contributed by atoms with Crippen molar-refractivity contribution in [3.63, 3.8) is 0 Å². The van der Waals surface area contributed by atoms with Crippen LogP contribution in [0.2, 0.25) is 0 Å². The van der Waals surface area contributed by atoms with Gasteiger partial charge in [-0.15, -0.1) is 0 Å². The van der Waals surface area contributed by atoms with E-state index in [0.717, 1.165) is 24.8 Å². The molecule has 2 aliphatic heterocycles. The molecule has 31 heavy (non-hydrogen) atoms. The van der Waals surface area contributed by atoms with Gasteiger partial charge in [-0.05, 0) is 49.4 Å². The van der Waals surface area contributed by atoms with E-state index in [9.17, 15) is 26.3 Å². The van der Waals surface area contributed by atoms with E-state index in [0.29, 0.717) is 24.6 Å². The third-order valence-electron chi connectivity index (χ3n) is 6.16.